The van der Waals surface area contributed by atoms with Gasteiger partial charge < -0.3 is 19.9 Å². The Balaban J connectivity index is 1.69. The zero-order valence-corrected chi connectivity index (χ0v) is 18.0. The second-order valence-corrected chi connectivity index (χ2v) is 8.29. The molecule has 1 aliphatic rings. The summed E-state index contributed by atoms with van der Waals surface area (Å²) < 4.78 is 5.47. The number of nitrogens with zero attached hydrogens (tertiary/aromatic N) is 4. The summed E-state index contributed by atoms with van der Waals surface area (Å²) in [5.74, 6) is 0.747. The molecule has 1 fully saturated rings. The zero-order valence-electron chi connectivity index (χ0n) is 18.0. The Hall–Kier alpha value is -3.16. The Morgan fingerprint density at radius 3 is 2.27 bits per heavy atom. The van der Waals surface area contributed by atoms with E-state index in [1.807, 2.05) is 45.0 Å². The third-order valence-corrected chi connectivity index (χ3v) is 4.68. The van der Waals surface area contributed by atoms with E-state index < -0.39 is 5.60 Å². The SMILES string of the molecule is CC(=O)NCc1ccc(-c2nccnc2N2CCN(C(=O)OC(C)(C)C)CC2)cc1. The average molecular weight is 412 g/mol. The molecule has 0 aliphatic carbocycles. The van der Waals surface area contributed by atoms with Crippen molar-refractivity contribution < 1.29 is 14.3 Å². The van der Waals surface area contributed by atoms with Gasteiger partial charge in [0, 0.05) is 57.6 Å². The van der Waals surface area contributed by atoms with Gasteiger partial charge in [-0.2, -0.15) is 0 Å². The second-order valence-electron chi connectivity index (χ2n) is 8.29. The van der Waals surface area contributed by atoms with Crippen LogP contribution < -0.4 is 10.2 Å². The Labute approximate surface area is 177 Å². The Bertz CT molecular complexity index is 884. The molecule has 1 aromatic carbocycles. The number of hydrogen-bond acceptors (Lipinski definition) is 6. The van der Waals surface area contributed by atoms with Crippen LogP contribution in [0, 0.1) is 0 Å². The van der Waals surface area contributed by atoms with Gasteiger partial charge in [-0.25, -0.2) is 9.78 Å². The van der Waals surface area contributed by atoms with Crippen LogP contribution in [0.3, 0.4) is 0 Å². The first-order valence-corrected chi connectivity index (χ1v) is 10.1. The van der Waals surface area contributed by atoms with Gasteiger partial charge in [0.2, 0.25) is 5.91 Å². The lowest BCUT2D eigenvalue weighted by Gasteiger charge is -2.36. The van der Waals surface area contributed by atoms with Crippen LogP contribution in [-0.4, -0.2) is 58.6 Å². The highest BCUT2D eigenvalue weighted by Crippen LogP contribution is 2.27. The molecule has 1 N–H and O–H groups in total. The van der Waals surface area contributed by atoms with E-state index in [1.54, 1.807) is 17.3 Å². The molecule has 1 saturated heterocycles. The van der Waals surface area contributed by atoms with Crippen molar-refractivity contribution in [2.45, 2.75) is 39.8 Å². The van der Waals surface area contributed by atoms with Crippen LogP contribution in [-0.2, 0) is 16.1 Å². The van der Waals surface area contributed by atoms with Crippen LogP contribution >= 0.6 is 0 Å². The Morgan fingerprint density at radius 1 is 1.03 bits per heavy atom. The molecule has 2 aromatic rings. The molecule has 8 heteroatoms. The molecule has 30 heavy (non-hydrogen) atoms. The molecule has 1 aromatic heterocycles. The molecule has 0 unspecified atom stereocenters. The fourth-order valence-electron chi connectivity index (χ4n) is 3.20. The van der Waals surface area contributed by atoms with Gasteiger partial charge in [0.05, 0.1) is 0 Å². The topological polar surface area (TPSA) is 87.7 Å². The summed E-state index contributed by atoms with van der Waals surface area (Å²) >= 11 is 0. The third kappa shape index (κ3) is 5.68. The molecular formula is C22H29N5O3. The van der Waals surface area contributed by atoms with E-state index in [0.29, 0.717) is 32.7 Å². The van der Waals surface area contributed by atoms with Gasteiger partial charge in [-0.3, -0.25) is 9.78 Å². The van der Waals surface area contributed by atoms with Gasteiger partial charge in [0.15, 0.2) is 5.82 Å². The van der Waals surface area contributed by atoms with Gasteiger partial charge in [0.1, 0.15) is 11.3 Å². The molecular weight excluding hydrogens is 382 g/mol. The smallest absolute Gasteiger partial charge is 0.410 e. The first-order valence-electron chi connectivity index (χ1n) is 10.1. The van der Waals surface area contributed by atoms with Gasteiger partial charge in [0.25, 0.3) is 0 Å². The van der Waals surface area contributed by atoms with Crippen LogP contribution in [0.4, 0.5) is 10.6 Å². The molecule has 0 radical (unpaired) electrons. The van der Waals surface area contributed by atoms with Gasteiger partial charge in [-0.05, 0) is 26.3 Å². The van der Waals surface area contributed by atoms with Crippen molar-refractivity contribution >= 4 is 17.8 Å². The van der Waals surface area contributed by atoms with E-state index in [2.05, 4.69) is 20.2 Å². The fraction of sp³-hybridized carbons (Fsp3) is 0.455. The first kappa shape index (κ1) is 21.5. The van der Waals surface area contributed by atoms with E-state index in [1.165, 1.54) is 6.92 Å². The molecule has 2 amide bonds. The summed E-state index contributed by atoms with van der Waals surface area (Å²) in [4.78, 5) is 36.4. The fourth-order valence-corrected chi connectivity index (χ4v) is 3.20. The van der Waals surface area contributed by atoms with Crippen molar-refractivity contribution in [1.29, 1.82) is 0 Å². The summed E-state index contributed by atoms with van der Waals surface area (Å²) in [7, 11) is 0. The molecule has 0 atom stereocenters. The number of hydrogen-bond donors (Lipinski definition) is 1. The second kappa shape index (κ2) is 9.11. The first-order chi connectivity index (χ1) is 14.2. The number of piperazine rings is 1. The minimum Gasteiger partial charge on any atom is -0.444 e. The number of carbonyl (C=O) groups excluding carboxylic acids is 2. The maximum absolute atomic E-state index is 12.3. The van der Waals surface area contributed by atoms with Crippen molar-refractivity contribution in [3.63, 3.8) is 0 Å². The predicted molar refractivity (Wildman–Crippen MR) is 115 cm³/mol. The Morgan fingerprint density at radius 2 is 1.67 bits per heavy atom. The molecule has 0 spiro atoms. The summed E-state index contributed by atoms with van der Waals surface area (Å²) in [6, 6.07) is 7.93. The van der Waals surface area contributed by atoms with Crippen LogP contribution in [0.5, 0.6) is 0 Å². The highest BCUT2D eigenvalue weighted by molar-refractivity contribution is 5.74. The lowest BCUT2D eigenvalue weighted by atomic mass is 10.1. The lowest BCUT2D eigenvalue weighted by molar-refractivity contribution is -0.119. The number of rotatable bonds is 4. The van der Waals surface area contributed by atoms with Gasteiger partial charge >= 0.3 is 6.09 Å². The molecule has 3 rings (SSSR count). The summed E-state index contributed by atoms with van der Waals surface area (Å²) in [6.45, 7) is 10.1. The minimum absolute atomic E-state index is 0.0548. The quantitative estimate of drug-likeness (QED) is 0.832. The average Bonchev–Trinajstić information content (AvgIpc) is 2.71. The molecule has 0 bridgehead atoms. The minimum atomic E-state index is -0.502. The van der Waals surface area contributed by atoms with Crippen LogP contribution in [0.2, 0.25) is 0 Å². The molecule has 2 heterocycles. The summed E-state index contributed by atoms with van der Waals surface area (Å²) in [5, 5.41) is 2.79. The van der Waals surface area contributed by atoms with Crippen LogP contribution in [0.15, 0.2) is 36.7 Å². The number of carbonyl (C=O) groups is 2. The van der Waals surface area contributed by atoms with Gasteiger partial charge in [-0.15, -0.1) is 0 Å². The highest BCUT2D eigenvalue weighted by atomic mass is 16.6. The zero-order chi connectivity index (χ0) is 21.7. The maximum Gasteiger partial charge on any atom is 0.410 e. The summed E-state index contributed by atoms with van der Waals surface area (Å²) in [5.41, 5.74) is 2.28. The van der Waals surface area contributed by atoms with Crippen molar-refractivity contribution in [1.82, 2.24) is 20.2 Å². The van der Waals surface area contributed by atoms with E-state index in [9.17, 15) is 9.59 Å². The van der Waals surface area contributed by atoms with E-state index in [0.717, 1.165) is 22.6 Å². The molecule has 160 valence electrons. The lowest BCUT2D eigenvalue weighted by Crippen LogP contribution is -2.50. The van der Waals surface area contributed by atoms with Crippen molar-refractivity contribution in [2.75, 3.05) is 31.1 Å². The Kier molecular flexibility index (Phi) is 6.54. The third-order valence-electron chi connectivity index (χ3n) is 4.68. The largest absolute Gasteiger partial charge is 0.444 e. The normalized spacial score (nSPS) is 14.4. The van der Waals surface area contributed by atoms with Crippen LogP contribution in [0.1, 0.15) is 33.3 Å². The monoisotopic (exact) mass is 411 g/mol. The van der Waals surface area contributed by atoms with E-state index in [4.69, 9.17) is 4.74 Å². The number of amides is 2. The standard InChI is InChI=1S/C22H29N5O3/c1-16(28)25-15-17-5-7-18(8-6-17)19-20(24-10-9-23-19)26-11-13-27(14-12-26)21(29)30-22(2,3)4/h5-10H,11-15H2,1-4H3,(H,25,28). The molecule has 0 saturated carbocycles. The number of ether oxygens (including phenoxy) is 1. The van der Waals surface area contributed by atoms with E-state index in [-0.39, 0.29) is 12.0 Å². The highest BCUT2D eigenvalue weighted by Gasteiger charge is 2.27. The van der Waals surface area contributed by atoms with Gasteiger partial charge in [-0.1, -0.05) is 24.3 Å². The number of anilines is 1. The number of nitrogens with one attached hydrogen (secondary N) is 1. The van der Waals surface area contributed by atoms with Crippen molar-refractivity contribution in [2.24, 2.45) is 0 Å². The predicted octanol–water partition coefficient (Wildman–Crippen LogP) is 2.84. The van der Waals surface area contributed by atoms with E-state index >= 15 is 0 Å². The van der Waals surface area contributed by atoms with Crippen molar-refractivity contribution in [3.8, 4) is 11.3 Å². The maximum atomic E-state index is 12.3. The number of benzene rings is 1. The van der Waals surface area contributed by atoms with Crippen molar-refractivity contribution in [3.05, 3.63) is 42.2 Å². The molecule has 1 aliphatic heterocycles. The van der Waals surface area contributed by atoms with Crippen LogP contribution in [0.25, 0.3) is 11.3 Å². The molecule has 8 nitrogen and oxygen atoms in total. The number of aromatic nitrogens is 2. The summed E-state index contributed by atoms with van der Waals surface area (Å²) in [6.07, 6.45) is 3.09.